The lowest BCUT2D eigenvalue weighted by molar-refractivity contribution is -0.135. The molecular formula is C9H14N2O3. The van der Waals surface area contributed by atoms with E-state index in [1.54, 1.807) is 4.90 Å². The summed E-state index contributed by atoms with van der Waals surface area (Å²) in [6.45, 7) is 1.48. The number of hydrogen-bond donors (Lipinski definition) is 2. The van der Waals surface area contributed by atoms with Crippen LogP contribution in [-0.2, 0) is 9.59 Å². The van der Waals surface area contributed by atoms with E-state index in [-0.39, 0.29) is 23.8 Å². The highest BCUT2D eigenvalue weighted by atomic mass is 16.3. The summed E-state index contributed by atoms with van der Waals surface area (Å²) in [6.07, 6.45) is 0.564. The zero-order valence-corrected chi connectivity index (χ0v) is 7.90. The number of carbonyl (C=O) groups excluding carboxylic acids is 2. The lowest BCUT2D eigenvalue weighted by Gasteiger charge is -2.18. The fourth-order valence-electron chi connectivity index (χ4n) is 1.98. The monoisotopic (exact) mass is 198 g/mol. The van der Waals surface area contributed by atoms with E-state index in [9.17, 15) is 14.7 Å². The van der Waals surface area contributed by atoms with Crippen molar-refractivity contribution in [2.75, 3.05) is 19.6 Å². The van der Waals surface area contributed by atoms with Crippen molar-refractivity contribution >= 4 is 11.8 Å². The second-order valence-corrected chi connectivity index (χ2v) is 3.93. The van der Waals surface area contributed by atoms with Gasteiger partial charge in [-0.1, -0.05) is 0 Å². The maximum atomic E-state index is 11.8. The maximum absolute atomic E-state index is 11.8. The van der Waals surface area contributed by atoms with Gasteiger partial charge in [-0.25, -0.2) is 0 Å². The van der Waals surface area contributed by atoms with Gasteiger partial charge in [0.15, 0.2) is 0 Å². The predicted molar refractivity (Wildman–Crippen MR) is 48.3 cm³/mol. The number of nitrogens with one attached hydrogen (secondary N) is 1. The third-order valence-corrected chi connectivity index (χ3v) is 2.80. The number of amides is 2. The van der Waals surface area contributed by atoms with Crippen molar-refractivity contribution < 1.29 is 14.7 Å². The van der Waals surface area contributed by atoms with Crippen LogP contribution in [-0.4, -0.2) is 47.6 Å². The van der Waals surface area contributed by atoms with Crippen LogP contribution in [0, 0.1) is 5.92 Å². The molecule has 78 valence electrons. The SMILES string of the molecule is O=C1CC(C(=O)N2CC[C@H](O)C2)CN1. The van der Waals surface area contributed by atoms with Gasteiger partial charge in [-0.3, -0.25) is 9.59 Å². The molecule has 1 unspecified atom stereocenters. The number of β-amino-alcohol motifs (C(OH)–C–C–N with tert-alkyl or cyclic N) is 1. The average molecular weight is 198 g/mol. The molecule has 0 aromatic rings. The van der Waals surface area contributed by atoms with Crippen LogP contribution in [0.5, 0.6) is 0 Å². The minimum absolute atomic E-state index is 0.0000926. The quantitative estimate of drug-likeness (QED) is 0.551. The van der Waals surface area contributed by atoms with Crippen LogP contribution in [0.4, 0.5) is 0 Å². The molecular weight excluding hydrogens is 184 g/mol. The maximum Gasteiger partial charge on any atom is 0.228 e. The molecule has 0 saturated carbocycles. The van der Waals surface area contributed by atoms with Gasteiger partial charge in [0.25, 0.3) is 0 Å². The van der Waals surface area contributed by atoms with Crippen molar-refractivity contribution in [3.05, 3.63) is 0 Å². The van der Waals surface area contributed by atoms with Gasteiger partial charge < -0.3 is 15.3 Å². The number of carbonyl (C=O) groups is 2. The first-order valence-electron chi connectivity index (χ1n) is 4.90. The number of aliphatic hydroxyl groups excluding tert-OH is 1. The molecule has 14 heavy (non-hydrogen) atoms. The highest BCUT2D eigenvalue weighted by Crippen LogP contribution is 2.17. The number of likely N-dealkylation sites (tertiary alicyclic amines) is 1. The third kappa shape index (κ3) is 1.72. The molecule has 0 aliphatic carbocycles. The molecule has 0 aromatic heterocycles. The second kappa shape index (κ2) is 3.57. The van der Waals surface area contributed by atoms with Gasteiger partial charge in [0.2, 0.25) is 11.8 Å². The van der Waals surface area contributed by atoms with Crippen LogP contribution >= 0.6 is 0 Å². The summed E-state index contributed by atoms with van der Waals surface area (Å²) in [5, 5.41) is 11.9. The van der Waals surface area contributed by atoms with Crippen molar-refractivity contribution in [2.24, 2.45) is 5.92 Å². The van der Waals surface area contributed by atoms with Gasteiger partial charge >= 0.3 is 0 Å². The Hall–Kier alpha value is -1.10. The number of nitrogens with zero attached hydrogens (tertiary/aromatic N) is 1. The van der Waals surface area contributed by atoms with Crippen LogP contribution in [0.15, 0.2) is 0 Å². The smallest absolute Gasteiger partial charge is 0.228 e. The summed E-state index contributed by atoms with van der Waals surface area (Å²) >= 11 is 0. The van der Waals surface area contributed by atoms with Gasteiger partial charge in [-0.2, -0.15) is 0 Å². The average Bonchev–Trinajstić information content (AvgIpc) is 2.73. The Morgan fingerprint density at radius 3 is 2.86 bits per heavy atom. The van der Waals surface area contributed by atoms with E-state index in [4.69, 9.17) is 0 Å². The van der Waals surface area contributed by atoms with Crippen LogP contribution in [0.2, 0.25) is 0 Å². The van der Waals surface area contributed by atoms with E-state index in [0.29, 0.717) is 32.5 Å². The number of hydrogen-bond acceptors (Lipinski definition) is 3. The van der Waals surface area contributed by atoms with E-state index >= 15 is 0 Å². The van der Waals surface area contributed by atoms with Crippen molar-refractivity contribution in [1.29, 1.82) is 0 Å². The third-order valence-electron chi connectivity index (χ3n) is 2.80. The van der Waals surface area contributed by atoms with E-state index in [2.05, 4.69) is 5.32 Å². The Morgan fingerprint density at radius 2 is 2.36 bits per heavy atom. The highest BCUT2D eigenvalue weighted by Gasteiger charge is 2.34. The van der Waals surface area contributed by atoms with Gasteiger partial charge in [0.1, 0.15) is 0 Å². The van der Waals surface area contributed by atoms with Crippen LogP contribution in [0.25, 0.3) is 0 Å². The first-order chi connectivity index (χ1) is 6.66. The summed E-state index contributed by atoms with van der Waals surface area (Å²) < 4.78 is 0. The van der Waals surface area contributed by atoms with Gasteiger partial charge in [-0.05, 0) is 6.42 Å². The molecule has 0 radical (unpaired) electrons. The van der Waals surface area contributed by atoms with E-state index < -0.39 is 0 Å². The normalized spacial score (nSPS) is 32.1. The summed E-state index contributed by atoms with van der Waals surface area (Å²) in [5.41, 5.74) is 0. The zero-order valence-electron chi connectivity index (χ0n) is 7.90. The van der Waals surface area contributed by atoms with Crippen molar-refractivity contribution in [3.63, 3.8) is 0 Å². The molecule has 5 heteroatoms. The Labute approximate surface area is 82.1 Å². The summed E-state index contributed by atoms with van der Waals surface area (Å²) in [5.74, 6) is -0.268. The minimum atomic E-state index is -0.385. The Morgan fingerprint density at radius 1 is 1.57 bits per heavy atom. The van der Waals surface area contributed by atoms with Crippen LogP contribution < -0.4 is 5.32 Å². The Bertz CT molecular complexity index is 267. The van der Waals surface area contributed by atoms with E-state index in [1.807, 2.05) is 0 Å². The molecule has 2 saturated heterocycles. The van der Waals surface area contributed by atoms with Crippen molar-refractivity contribution in [1.82, 2.24) is 10.2 Å². The molecule has 2 N–H and O–H groups in total. The van der Waals surface area contributed by atoms with Crippen LogP contribution in [0.3, 0.4) is 0 Å². The molecule has 2 atom stereocenters. The molecule has 2 amide bonds. The molecule has 2 aliphatic heterocycles. The molecule has 0 spiro atoms. The van der Waals surface area contributed by atoms with Gasteiger partial charge in [0, 0.05) is 26.1 Å². The second-order valence-electron chi connectivity index (χ2n) is 3.93. The Kier molecular flexibility index (Phi) is 2.41. The largest absolute Gasteiger partial charge is 0.391 e. The predicted octanol–water partition coefficient (Wildman–Crippen LogP) is -1.28. The first kappa shape index (κ1) is 9.45. The summed E-state index contributed by atoms with van der Waals surface area (Å²) in [7, 11) is 0. The topological polar surface area (TPSA) is 69.6 Å². The Balaban J connectivity index is 1.92. The molecule has 2 fully saturated rings. The minimum Gasteiger partial charge on any atom is -0.391 e. The molecule has 0 bridgehead atoms. The lowest BCUT2D eigenvalue weighted by atomic mass is 10.1. The molecule has 5 nitrogen and oxygen atoms in total. The van der Waals surface area contributed by atoms with E-state index in [0.717, 1.165) is 0 Å². The molecule has 2 aliphatic rings. The standard InChI is InChI=1S/C9H14N2O3/c12-7-1-2-11(5-7)9(14)6-3-8(13)10-4-6/h6-7,12H,1-5H2,(H,10,13)/t6?,7-/m0/s1. The van der Waals surface area contributed by atoms with Crippen molar-refractivity contribution in [2.45, 2.75) is 18.9 Å². The van der Waals surface area contributed by atoms with Gasteiger partial charge in [0.05, 0.1) is 12.0 Å². The van der Waals surface area contributed by atoms with E-state index in [1.165, 1.54) is 0 Å². The molecule has 0 aromatic carbocycles. The lowest BCUT2D eigenvalue weighted by Crippen LogP contribution is -2.35. The van der Waals surface area contributed by atoms with Gasteiger partial charge in [-0.15, -0.1) is 0 Å². The van der Waals surface area contributed by atoms with Crippen LogP contribution in [0.1, 0.15) is 12.8 Å². The zero-order chi connectivity index (χ0) is 10.1. The fourth-order valence-corrected chi connectivity index (χ4v) is 1.98. The summed E-state index contributed by atoms with van der Waals surface area (Å²) in [6, 6.07) is 0. The first-order valence-corrected chi connectivity index (χ1v) is 4.90. The molecule has 2 heterocycles. The number of rotatable bonds is 1. The fraction of sp³-hybridized carbons (Fsp3) is 0.778. The highest BCUT2D eigenvalue weighted by molar-refractivity contribution is 5.89. The number of aliphatic hydroxyl groups is 1. The molecule has 2 rings (SSSR count). The van der Waals surface area contributed by atoms with Crippen molar-refractivity contribution in [3.8, 4) is 0 Å². The summed E-state index contributed by atoms with van der Waals surface area (Å²) in [4.78, 5) is 24.3.